The van der Waals surface area contributed by atoms with Gasteiger partial charge in [0.05, 0.1) is 9.95 Å². The molecule has 0 aromatic heterocycles. The van der Waals surface area contributed by atoms with Crippen LogP contribution < -0.4 is 4.74 Å². The highest BCUT2D eigenvalue weighted by Gasteiger charge is 2.24. The standard InChI is InChI=1S/C13H7ClFNO5/c14-8-4-2-6-10(11(8)15)21-12-7(13(17)18)3-1-5-9(12)16(19)20/h1-6H,(H,17,18). The van der Waals surface area contributed by atoms with Gasteiger partial charge in [-0.25, -0.2) is 9.18 Å². The first-order valence-corrected chi connectivity index (χ1v) is 5.92. The van der Waals surface area contributed by atoms with Gasteiger partial charge in [-0.05, 0) is 18.2 Å². The van der Waals surface area contributed by atoms with Gasteiger partial charge in [-0.1, -0.05) is 23.7 Å². The van der Waals surface area contributed by atoms with Crippen molar-refractivity contribution in [2.45, 2.75) is 0 Å². The SMILES string of the molecule is O=C(O)c1cccc([N+](=O)[O-])c1Oc1cccc(Cl)c1F. The van der Waals surface area contributed by atoms with E-state index in [1.54, 1.807) is 0 Å². The van der Waals surface area contributed by atoms with Crippen LogP contribution in [-0.2, 0) is 0 Å². The van der Waals surface area contributed by atoms with E-state index in [9.17, 15) is 19.3 Å². The van der Waals surface area contributed by atoms with Crippen LogP contribution in [0.25, 0.3) is 0 Å². The molecule has 0 saturated heterocycles. The van der Waals surface area contributed by atoms with Gasteiger partial charge in [0.2, 0.25) is 5.75 Å². The summed E-state index contributed by atoms with van der Waals surface area (Å²) >= 11 is 5.58. The Hall–Kier alpha value is -2.67. The van der Waals surface area contributed by atoms with E-state index >= 15 is 0 Å². The number of aromatic carboxylic acids is 1. The maximum atomic E-state index is 13.8. The van der Waals surface area contributed by atoms with Crippen molar-refractivity contribution in [1.82, 2.24) is 0 Å². The number of carboxylic acid groups (broad SMARTS) is 1. The van der Waals surface area contributed by atoms with Crippen molar-refractivity contribution in [3.63, 3.8) is 0 Å². The number of hydrogen-bond donors (Lipinski definition) is 1. The van der Waals surface area contributed by atoms with E-state index in [0.29, 0.717) is 0 Å². The molecule has 0 unspecified atom stereocenters. The third-order valence-electron chi connectivity index (χ3n) is 2.55. The fourth-order valence-corrected chi connectivity index (χ4v) is 1.78. The highest BCUT2D eigenvalue weighted by Crippen LogP contribution is 2.37. The second-order valence-electron chi connectivity index (χ2n) is 3.87. The lowest BCUT2D eigenvalue weighted by Gasteiger charge is -2.10. The molecule has 0 aliphatic heterocycles. The number of carbonyl (C=O) groups is 1. The van der Waals surface area contributed by atoms with E-state index in [-0.39, 0.29) is 5.02 Å². The zero-order valence-electron chi connectivity index (χ0n) is 10.2. The Balaban J connectivity index is 2.59. The van der Waals surface area contributed by atoms with E-state index in [1.165, 1.54) is 24.3 Å². The lowest BCUT2D eigenvalue weighted by molar-refractivity contribution is -0.385. The molecule has 2 aromatic rings. The van der Waals surface area contributed by atoms with E-state index in [4.69, 9.17) is 21.4 Å². The number of nitro benzene ring substituents is 1. The topological polar surface area (TPSA) is 89.7 Å². The lowest BCUT2D eigenvalue weighted by Crippen LogP contribution is -2.03. The average Bonchev–Trinajstić information content (AvgIpc) is 2.43. The summed E-state index contributed by atoms with van der Waals surface area (Å²) in [5.41, 5.74) is -1.04. The summed E-state index contributed by atoms with van der Waals surface area (Å²) in [6.45, 7) is 0. The fraction of sp³-hybridized carbons (Fsp3) is 0. The predicted octanol–water partition coefficient (Wildman–Crippen LogP) is 3.88. The molecule has 0 bridgehead atoms. The van der Waals surface area contributed by atoms with E-state index in [2.05, 4.69) is 0 Å². The van der Waals surface area contributed by atoms with Gasteiger partial charge < -0.3 is 9.84 Å². The van der Waals surface area contributed by atoms with Crippen molar-refractivity contribution >= 4 is 23.3 Å². The third-order valence-corrected chi connectivity index (χ3v) is 2.84. The number of para-hydroxylation sites is 1. The molecule has 6 nitrogen and oxygen atoms in total. The van der Waals surface area contributed by atoms with Crippen LogP contribution in [0, 0.1) is 15.9 Å². The summed E-state index contributed by atoms with van der Waals surface area (Å²) in [6.07, 6.45) is 0. The molecule has 0 fully saturated rings. The molecule has 2 aromatic carbocycles. The number of benzene rings is 2. The number of hydrogen-bond acceptors (Lipinski definition) is 4. The number of rotatable bonds is 4. The largest absolute Gasteiger partial charge is 0.478 e. The van der Waals surface area contributed by atoms with Crippen LogP contribution in [-0.4, -0.2) is 16.0 Å². The van der Waals surface area contributed by atoms with Crippen LogP contribution >= 0.6 is 11.6 Å². The van der Waals surface area contributed by atoms with Gasteiger partial charge in [0.25, 0.3) is 0 Å². The average molecular weight is 312 g/mol. The number of nitro groups is 1. The van der Waals surface area contributed by atoms with Gasteiger partial charge in [-0.2, -0.15) is 0 Å². The van der Waals surface area contributed by atoms with E-state index < -0.39 is 39.5 Å². The molecule has 8 heteroatoms. The van der Waals surface area contributed by atoms with Crippen LogP contribution in [0.5, 0.6) is 11.5 Å². The molecule has 0 spiro atoms. The number of nitrogens with zero attached hydrogens (tertiary/aromatic N) is 1. The normalized spacial score (nSPS) is 10.2. The summed E-state index contributed by atoms with van der Waals surface area (Å²) < 4.78 is 18.9. The van der Waals surface area contributed by atoms with Crippen LogP contribution in [0.15, 0.2) is 36.4 Å². The van der Waals surface area contributed by atoms with Gasteiger partial charge in [0, 0.05) is 6.07 Å². The molecule has 21 heavy (non-hydrogen) atoms. The van der Waals surface area contributed by atoms with Crippen molar-refractivity contribution in [1.29, 1.82) is 0 Å². The Bertz CT molecular complexity index is 702. The summed E-state index contributed by atoms with van der Waals surface area (Å²) in [5.74, 6) is -3.33. The van der Waals surface area contributed by atoms with Gasteiger partial charge in [-0.3, -0.25) is 10.1 Å². The van der Waals surface area contributed by atoms with Crippen LogP contribution in [0.1, 0.15) is 10.4 Å². The Morgan fingerprint density at radius 1 is 1.29 bits per heavy atom. The summed E-state index contributed by atoms with van der Waals surface area (Å²) in [6, 6.07) is 7.20. The molecule has 0 heterocycles. The van der Waals surface area contributed by atoms with Crippen molar-refractivity contribution in [3.8, 4) is 11.5 Å². The predicted molar refractivity (Wildman–Crippen MR) is 71.5 cm³/mol. The number of ether oxygens (including phenoxy) is 1. The van der Waals surface area contributed by atoms with Crippen LogP contribution in [0.2, 0.25) is 5.02 Å². The lowest BCUT2D eigenvalue weighted by atomic mass is 10.1. The van der Waals surface area contributed by atoms with Crippen LogP contribution in [0.4, 0.5) is 10.1 Å². The second kappa shape index (κ2) is 5.76. The molecule has 0 radical (unpaired) electrons. The second-order valence-corrected chi connectivity index (χ2v) is 4.28. The van der Waals surface area contributed by atoms with E-state index in [0.717, 1.165) is 12.1 Å². The highest BCUT2D eigenvalue weighted by atomic mass is 35.5. The van der Waals surface area contributed by atoms with Crippen molar-refractivity contribution < 1.29 is 24.0 Å². The smallest absolute Gasteiger partial charge is 0.339 e. The first kappa shape index (κ1) is 14.7. The number of carboxylic acids is 1. The Kier molecular flexibility index (Phi) is 4.04. The molecular weight excluding hydrogens is 305 g/mol. The third kappa shape index (κ3) is 2.92. The molecule has 0 aliphatic rings. The fourth-order valence-electron chi connectivity index (χ4n) is 1.62. The minimum atomic E-state index is -1.43. The van der Waals surface area contributed by atoms with Crippen molar-refractivity contribution in [2.24, 2.45) is 0 Å². The molecule has 108 valence electrons. The molecular formula is C13H7ClFNO5. The van der Waals surface area contributed by atoms with Gasteiger partial charge in [0.1, 0.15) is 5.56 Å². The Morgan fingerprint density at radius 2 is 1.95 bits per heavy atom. The summed E-state index contributed by atoms with van der Waals surface area (Å²) in [7, 11) is 0. The Morgan fingerprint density at radius 3 is 2.57 bits per heavy atom. The molecule has 1 N–H and O–H groups in total. The summed E-state index contributed by atoms with van der Waals surface area (Å²) in [4.78, 5) is 21.3. The minimum Gasteiger partial charge on any atom is -0.478 e. The van der Waals surface area contributed by atoms with Crippen LogP contribution in [0.3, 0.4) is 0 Å². The molecule has 2 rings (SSSR count). The van der Waals surface area contributed by atoms with Gasteiger partial charge in [0.15, 0.2) is 11.6 Å². The zero-order chi connectivity index (χ0) is 15.6. The monoisotopic (exact) mass is 311 g/mol. The molecule has 0 saturated carbocycles. The first-order valence-electron chi connectivity index (χ1n) is 5.54. The maximum Gasteiger partial charge on any atom is 0.339 e. The van der Waals surface area contributed by atoms with Crippen molar-refractivity contribution in [3.05, 3.63) is 62.9 Å². The summed E-state index contributed by atoms with van der Waals surface area (Å²) in [5, 5.41) is 19.8. The maximum absolute atomic E-state index is 13.8. The minimum absolute atomic E-state index is 0.247. The van der Waals surface area contributed by atoms with Gasteiger partial charge in [-0.15, -0.1) is 0 Å². The van der Waals surface area contributed by atoms with Crippen molar-refractivity contribution in [2.75, 3.05) is 0 Å². The first-order chi connectivity index (χ1) is 9.91. The quantitative estimate of drug-likeness (QED) is 0.683. The van der Waals surface area contributed by atoms with Gasteiger partial charge >= 0.3 is 11.7 Å². The molecule has 0 atom stereocenters. The zero-order valence-corrected chi connectivity index (χ0v) is 11.0. The number of halogens is 2. The van der Waals surface area contributed by atoms with E-state index in [1.807, 2.05) is 0 Å². The molecule has 0 aliphatic carbocycles. The Labute approximate surface area is 122 Å². The highest BCUT2D eigenvalue weighted by molar-refractivity contribution is 6.30. The molecule has 0 amide bonds.